The Morgan fingerprint density at radius 1 is 1.20 bits per heavy atom. The molecule has 0 bridgehead atoms. The van der Waals surface area contributed by atoms with E-state index in [0.29, 0.717) is 5.92 Å². The van der Waals surface area contributed by atoms with Crippen molar-refractivity contribution in [3.8, 4) is 0 Å². The van der Waals surface area contributed by atoms with Crippen LogP contribution in [0.15, 0.2) is 57.9 Å². The Labute approximate surface area is 132 Å². The van der Waals surface area contributed by atoms with Gasteiger partial charge in [0.2, 0.25) is 0 Å². The van der Waals surface area contributed by atoms with Gasteiger partial charge in [0.15, 0.2) is 0 Å². The van der Waals surface area contributed by atoms with E-state index < -0.39 is 0 Å². The van der Waals surface area contributed by atoms with E-state index in [9.17, 15) is 0 Å². The molecular weight excluding hydrogens is 332 g/mol. The van der Waals surface area contributed by atoms with Crippen LogP contribution < -0.4 is 11.3 Å². The van der Waals surface area contributed by atoms with Crippen LogP contribution in [0.25, 0.3) is 0 Å². The van der Waals surface area contributed by atoms with Crippen LogP contribution in [0.4, 0.5) is 0 Å². The standard InChI is InChI=1S/C16H17BrN2S/c17-14-7-3-1-5-11(14)9-15(19-18)13-10-20-16-8-4-2-6-12(13)16/h1-8,13,15,19H,9-10,18H2. The maximum Gasteiger partial charge on any atom is 0.0328 e. The molecule has 0 spiro atoms. The highest BCUT2D eigenvalue weighted by atomic mass is 79.9. The Morgan fingerprint density at radius 3 is 2.75 bits per heavy atom. The van der Waals surface area contributed by atoms with Crippen molar-refractivity contribution in [1.82, 2.24) is 5.43 Å². The number of halogens is 1. The van der Waals surface area contributed by atoms with Crippen molar-refractivity contribution in [1.29, 1.82) is 0 Å². The van der Waals surface area contributed by atoms with Crippen molar-refractivity contribution >= 4 is 27.7 Å². The molecule has 4 heteroatoms. The minimum Gasteiger partial charge on any atom is -0.271 e. The maximum absolute atomic E-state index is 5.83. The van der Waals surface area contributed by atoms with Gasteiger partial charge < -0.3 is 0 Å². The van der Waals surface area contributed by atoms with E-state index in [4.69, 9.17) is 5.84 Å². The lowest BCUT2D eigenvalue weighted by molar-refractivity contribution is 0.462. The summed E-state index contributed by atoms with van der Waals surface area (Å²) in [6.45, 7) is 0. The molecule has 2 nitrogen and oxygen atoms in total. The quantitative estimate of drug-likeness (QED) is 0.653. The van der Waals surface area contributed by atoms with Gasteiger partial charge in [0.1, 0.15) is 0 Å². The van der Waals surface area contributed by atoms with Crippen LogP contribution in [0, 0.1) is 0 Å². The van der Waals surface area contributed by atoms with Crippen molar-refractivity contribution in [2.75, 3.05) is 5.75 Å². The topological polar surface area (TPSA) is 38.0 Å². The first-order valence-corrected chi connectivity index (χ1v) is 8.48. The Kier molecular flexibility index (Phi) is 4.46. The molecular formula is C16H17BrN2S. The molecule has 0 fully saturated rings. The van der Waals surface area contributed by atoms with Crippen molar-refractivity contribution in [3.05, 3.63) is 64.1 Å². The first-order chi connectivity index (χ1) is 9.79. The summed E-state index contributed by atoms with van der Waals surface area (Å²) in [6, 6.07) is 17.3. The van der Waals surface area contributed by atoms with Crippen molar-refractivity contribution in [2.45, 2.75) is 23.3 Å². The average Bonchev–Trinajstić information content (AvgIpc) is 2.90. The monoisotopic (exact) mass is 348 g/mol. The highest BCUT2D eigenvalue weighted by Gasteiger charge is 2.29. The molecule has 3 N–H and O–H groups in total. The van der Waals surface area contributed by atoms with Crippen molar-refractivity contribution in [2.24, 2.45) is 5.84 Å². The van der Waals surface area contributed by atoms with Gasteiger partial charge in [-0.15, -0.1) is 11.8 Å². The van der Waals surface area contributed by atoms with Gasteiger partial charge in [-0.05, 0) is 29.7 Å². The smallest absolute Gasteiger partial charge is 0.0328 e. The van der Waals surface area contributed by atoms with E-state index in [1.807, 2.05) is 17.8 Å². The zero-order valence-corrected chi connectivity index (χ0v) is 13.5. The number of rotatable bonds is 4. The minimum atomic E-state index is 0.254. The number of hydrazine groups is 1. The molecule has 2 aromatic rings. The van der Waals surface area contributed by atoms with Gasteiger partial charge in [-0.2, -0.15) is 0 Å². The van der Waals surface area contributed by atoms with Gasteiger partial charge in [-0.25, -0.2) is 0 Å². The molecule has 0 saturated carbocycles. The Bertz CT molecular complexity index is 603. The zero-order valence-electron chi connectivity index (χ0n) is 11.1. The van der Waals surface area contributed by atoms with E-state index in [1.54, 1.807) is 0 Å². The molecule has 2 unspecified atom stereocenters. The molecule has 0 amide bonds. The lowest BCUT2D eigenvalue weighted by Crippen LogP contribution is -2.41. The van der Waals surface area contributed by atoms with Crippen LogP contribution in [0.2, 0.25) is 0 Å². The fourth-order valence-corrected chi connectivity index (χ4v) is 4.52. The Hall–Kier alpha value is -0.810. The highest BCUT2D eigenvalue weighted by Crippen LogP contribution is 2.41. The van der Waals surface area contributed by atoms with Gasteiger partial charge >= 0.3 is 0 Å². The van der Waals surface area contributed by atoms with Crippen LogP contribution in [-0.2, 0) is 6.42 Å². The van der Waals surface area contributed by atoms with Gasteiger partial charge in [0.05, 0.1) is 0 Å². The van der Waals surface area contributed by atoms with E-state index in [0.717, 1.165) is 16.6 Å². The Balaban J connectivity index is 1.83. The largest absolute Gasteiger partial charge is 0.271 e. The predicted molar refractivity (Wildman–Crippen MR) is 88.9 cm³/mol. The van der Waals surface area contributed by atoms with Crippen LogP contribution in [0.3, 0.4) is 0 Å². The predicted octanol–water partition coefficient (Wildman–Crippen LogP) is 3.71. The molecule has 1 aliphatic rings. The molecule has 2 atom stereocenters. The fraction of sp³-hybridized carbons (Fsp3) is 0.250. The fourth-order valence-electron chi connectivity index (χ4n) is 2.74. The molecule has 0 saturated heterocycles. The van der Waals surface area contributed by atoms with Gasteiger partial charge in [0, 0.05) is 27.1 Å². The third-order valence-electron chi connectivity index (χ3n) is 3.83. The highest BCUT2D eigenvalue weighted by molar-refractivity contribution is 9.10. The summed E-state index contributed by atoms with van der Waals surface area (Å²) < 4.78 is 1.15. The van der Waals surface area contributed by atoms with Gasteiger partial charge in [-0.3, -0.25) is 11.3 Å². The molecule has 0 aliphatic carbocycles. The molecule has 1 aliphatic heterocycles. The second-order valence-corrected chi connectivity index (χ2v) is 6.94. The lowest BCUT2D eigenvalue weighted by atomic mass is 9.89. The summed E-state index contributed by atoms with van der Waals surface area (Å²) in [7, 11) is 0. The molecule has 0 aromatic heterocycles. The number of nitrogens with two attached hydrogens (primary N) is 1. The SMILES string of the molecule is NNC(Cc1ccccc1Br)C1CSc2ccccc21. The number of nitrogens with one attached hydrogen (secondary N) is 1. The summed E-state index contributed by atoms with van der Waals surface area (Å²) in [5.74, 6) is 7.40. The zero-order chi connectivity index (χ0) is 13.9. The van der Waals surface area contributed by atoms with E-state index >= 15 is 0 Å². The van der Waals surface area contributed by atoms with Crippen LogP contribution in [-0.4, -0.2) is 11.8 Å². The second-order valence-electron chi connectivity index (χ2n) is 5.02. The first kappa shape index (κ1) is 14.1. The Morgan fingerprint density at radius 2 is 1.95 bits per heavy atom. The van der Waals surface area contributed by atoms with E-state index in [2.05, 4.69) is 63.8 Å². The summed E-state index contributed by atoms with van der Waals surface area (Å²) in [4.78, 5) is 1.39. The molecule has 104 valence electrons. The number of hydrogen-bond donors (Lipinski definition) is 2. The van der Waals surface area contributed by atoms with Crippen LogP contribution >= 0.6 is 27.7 Å². The third-order valence-corrected chi connectivity index (χ3v) is 5.82. The molecule has 3 rings (SSSR count). The average molecular weight is 349 g/mol. The minimum absolute atomic E-state index is 0.254. The van der Waals surface area contributed by atoms with Gasteiger partial charge in [0.25, 0.3) is 0 Å². The summed E-state index contributed by atoms with van der Waals surface area (Å²) in [5, 5.41) is 0. The third kappa shape index (κ3) is 2.79. The second kappa shape index (κ2) is 6.31. The van der Waals surface area contributed by atoms with E-state index in [1.165, 1.54) is 16.0 Å². The van der Waals surface area contributed by atoms with Crippen LogP contribution in [0.1, 0.15) is 17.0 Å². The normalized spacial score (nSPS) is 18.8. The summed E-state index contributed by atoms with van der Waals surface area (Å²) >= 11 is 5.55. The molecule has 20 heavy (non-hydrogen) atoms. The summed E-state index contributed by atoms with van der Waals surface area (Å²) in [5.41, 5.74) is 5.75. The molecule has 2 aromatic carbocycles. The van der Waals surface area contributed by atoms with Gasteiger partial charge in [-0.1, -0.05) is 52.3 Å². The first-order valence-electron chi connectivity index (χ1n) is 6.71. The van der Waals surface area contributed by atoms with Crippen molar-refractivity contribution in [3.63, 3.8) is 0 Å². The number of thioether (sulfide) groups is 1. The number of benzene rings is 2. The van der Waals surface area contributed by atoms with E-state index in [-0.39, 0.29) is 6.04 Å². The maximum atomic E-state index is 5.83. The molecule has 1 heterocycles. The van der Waals surface area contributed by atoms with Crippen LogP contribution in [0.5, 0.6) is 0 Å². The number of hydrogen-bond acceptors (Lipinski definition) is 3. The summed E-state index contributed by atoms with van der Waals surface area (Å²) in [6.07, 6.45) is 0.928. The van der Waals surface area contributed by atoms with Crippen molar-refractivity contribution < 1.29 is 0 Å². The molecule has 0 radical (unpaired) electrons. The lowest BCUT2D eigenvalue weighted by Gasteiger charge is -2.23. The number of fused-ring (bicyclic) bond motifs is 1.